The summed E-state index contributed by atoms with van der Waals surface area (Å²) in [6.07, 6.45) is 6.44. The summed E-state index contributed by atoms with van der Waals surface area (Å²) in [7, 11) is 1.64. The zero-order chi connectivity index (χ0) is 11.7. The molecule has 2 heteroatoms. The molecule has 0 aliphatic carbocycles. The van der Waals surface area contributed by atoms with Gasteiger partial charge in [0.2, 0.25) is 0 Å². The van der Waals surface area contributed by atoms with E-state index < -0.39 is 0 Å². The van der Waals surface area contributed by atoms with Crippen LogP contribution in [0.15, 0.2) is 36.3 Å². The van der Waals surface area contributed by atoms with Crippen LogP contribution in [0.4, 0.5) is 0 Å². The zero-order valence-electron chi connectivity index (χ0n) is 10.2. The summed E-state index contributed by atoms with van der Waals surface area (Å²) in [5.41, 5.74) is 0. The Morgan fingerprint density at radius 1 is 1.33 bits per heavy atom. The number of hydrogen-bond donors (Lipinski definition) is 0. The average molecular weight is 210 g/mol. The summed E-state index contributed by atoms with van der Waals surface area (Å²) < 4.78 is 10.8. The molecule has 0 aromatic rings. The minimum atomic E-state index is 0.645. The van der Waals surface area contributed by atoms with Gasteiger partial charge in [-0.25, -0.2) is 0 Å². The summed E-state index contributed by atoms with van der Waals surface area (Å²) in [6.45, 7) is 10.6. The van der Waals surface area contributed by atoms with Gasteiger partial charge in [0.15, 0.2) is 11.5 Å². The van der Waals surface area contributed by atoms with E-state index in [1.807, 2.05) is 19.1 Å². The lowest BCUT2D eigenvalue weighted by molar-refractivity contribution is 0.165. The molecule has 0 saturated carbocycles. The maximum Gasteiger partial charge on any atom is 0.160 e. The van der Waals surface area contributed by atoms with Crippen molar-refractivity contribution < 1.29 is 9.47 Å². The average Bonchev–Trinajstić information content (AvgIpc) is 2.19. The van der Waals surface area contributed by atoms with Gasteiger partial charge in [0.1, 0.15) is 0 Å². The standard InChI is InChI=1S/C13H22O2/c1-6-8-13(12(7-2)14-5)15-10-9-11(3)4/h6-8,11H,1,9-10H2,2-5H3. The lowest BCUT2D eigenvalue weighted by Crippen LogP contribution is -2.02. The van der Waals surface area contributed by atoms with Crippen LogP contribution < -0.4 is 0 Å². The molecule has 0 aliphatic heterocycles. The first-order chi connectivity index (χ1) is 7.15. The number of methoxy groups -OCH3 is 1. The van der Waals surface area contributed by atoms with Gasteiger partial charge in [0, 0.05) is 0 Å². The van der Waals surface area contributed by atoms with Crippen LogP contribution in [0, 0.1) is 5.92 Å². The maximum absolute atomic E-state index is 5.63. The van der Waals surface area contributed by atoms with Gasteiger partial charge in [-0.05, 0) is 31.4 Å². The fourth-order valence-corrected chi connectivity index (χ4v) is 1.07. The number of allylic oxidation sites excluding steroid dienone is 3. The normalized spacial score (nSPS) is 12.9. The van der Waals surface area contributed by atoms with E-state index in [-0.39, 0.29) is 0 Å². The number of ether oxygens (including phenoxy) is 2. The lowest BCUT2D eigenvalue weighted by atomic mass is 10.1. The Hall–Kier alpha value is -1.18. The molecule has 0 spiro atoms. The Bertz CT molecular complexity index is 237. The van der Waals surface area contributed by atoms with Crippen LogP contribution >= 0.6 is 0 Å². The second-order valence-corrected chi connectivity index (χ2v) is 3.65. The SMILES string of the molecule is C=CC=C(OCCC(C)C)C(=CC)OC. The van der Waals surface area contributed by atoms with Crippen molar-refractivity contribution in [2.45, 2.75) is 27.2 Å². The second kappa shape index (κ2) is 8.16. The first kappa shape index (κ1) is 13.8. The molecular formula is C13H22O2. The van der Waals surface area contributed by atoms with Crippen molar-refractivity contribution in [1.29, 1.82) is 0 Å². The topological polar surface area (TPSA) is 18.5 Å². The summed E-state index contributed by atoms with van der Waals surface area (Å²) in [4.78, 5) is 0. The predicted molar refractivity (Wildman–Crippen MR) is 64.5 cm³/mol. The molecule has 86 valence electrons. The molecule has 0 fully saturated rings. The van der Waals surface area contributed by atoms with Crippen LogP contribution in [0.25, 0.3) is 0 Å². The Balaban J connectivity index is 4.29. The molecular weight excluding hydrogens is 188 g/mol. The molecule has 0 unspecified atom stereocenters. The van der Waals surface area contributed by atoms with E-state index in [9.17, 15) is 0 Å². The van der Waals surface area contributed by atoms with Crippen LogP contribution in [-0.4, -0.2) is 13.7 Å². The van der Waals surface area contributed by atoms with Crippen molar-refractivity contribution in [1.82, 2.24) is 0 Å². The highest BCUT2D eigenvalue weighted by molar-refractivity contribution is 5.23. The second-order valence-electron chi connectivity index (χ2n) is 3.65. The molecule has 0 aliphatic rings. The summed E-state index contributed by atoms with van der Waals surface area (Å²) in [6, 6.07) is 0. The Morgan fingerprint density at radius 2 is 2.00 bits per heavy atom. The first-order valence-electron chi connectivity index (χ1n) is 5.31. The molecule has 2 nitrogen and oxygen atoms in total. The van der Waals surface area contributed by atoms with Crippen molar-refractivity contribution in [3.63, 3.8) is 0 Å². The van der Waals surface area contributed by atoms with E-state index in [2.05, 4.69) is 20.4 Å². The van der Waals surface area contributed by atoms with E-state index in [1.165, 1.54) is 0 Å². The molecule has 0 rings (SSSR count). The molecule has 15 heavy (non-hydrogen) atoms. The molecule has 0 aromatic heterocycles. The highest BCUT2D eigenvalue weighted by Gasteiger charge is 2.05. The van der Waals surface area contributed by atoms with Crippen molar-refractivity contribution in [3.05, 3.63) is 36.3 Å². The van der Waals surface area contributed by atoms with Crippen molar-refractivity contribution in [3.8, 4) is 0 Å². The molecule has 0 heterocycles. The first-order valence-corrected chi connectivity index (χ1v) is 5.31. The highest BCUT2D eigenvalue weighted by Crippen LogP contribution is 2.13. The predicted octanol–water partition coefficient (Wildman–Crippen LogP) is 3.67. The van der Waals surface area contributed by atoms with Crippen molar-refractivity contribution >= 4 is 0 Å². The van der Waals surface area contributed by atoms with E-state index in [4.69, 9.17) is 9.47 Å². The van der Waals surface area contributed by atoms with E-state index in [1.54, 1.807) is 13.2 Å². The monoisotopic (exact) mass is 210 g/mol. The molecule has 0 atom stereocenters. The number of rotatable bonds is 7. The van der Waals surface area contributed by atoms with E-state index in [0.29, 0.717) is 12.5 Å². The summed E-state index contributed by atoms with van der Waals surface area (Å²) in [5.74, 6) is 2.14. The van der Waals surface area contributed by atoms with Crippen molar-refractivity contribution in [2.24, 2.45) is 5.92 Å². The molecule has 0 N–H and O–H groups in total. The molecule has 0 amide bonds. The van der Waals surface area contributed by atoms with Gasteiger partial charge in [-0.3, -0.25) is 0 Å². The quantitative estimate of drug-likeness (QED) is 0.471. The minimum Gasteiger partial charge on any atom is -0.493 e. The zero-order valence-corrected chi connectivity index (χ0v) is 10.2. The maximum atomic E-state index is 5.63. The van der Waals surface area contributed by atoms with Crippen LogP contribution in [-0.2, 0) is 9.47 Å². The van der Waals surface area contributed by atoms with Gasteiger partial charge >= 0.3 is 0 Å². The Morgan fingerprint density at radius 3 is 2.40 bits per heavy atom. The van der Waals surface area contributed by atoms with Crippen LogP contribution in [0.2, 0.25) is 0 Å². The molecule has 0 radical (unpaired) electrons. The third kappa shape index (κ3) is 6.00. The van der Waals surface area contributed by atoms with Crippen LogP contribution in [0.5, 0.6) is 0 Å². The fourth-order valence-electron chi connectivity index (χ4n) is 1.07. The fraction of sp³-hybridized carbons (Fsp3) is 0.538. The number of hydrogen-bond acceptors (Lipinski definition) is 2. The molecule has 0 bridgehead atoms. The smallest absolute Gasteiger partial charge is 0.160 e. The van der Waals surface area contributed by atoms with Gasteiger partial charge in [0.25, 0.3) is 0 Å². The van der Waals surface area contributed by atoms with Crippen LogP contribution in [0.1, 0.15) is 27.2 Å². The van der Waals surface area contributed by atoms with Gasteiger partial charge in [-0.2, -0.15) is 0 Å². The van der Waals surface area contributed by atoms with Gasteiger partial charge in [0.05, 0.1) is 13.7 Å². The summed E-state index contributed by atoms with van der Waals surface area (Å²) in [5, 5.41) is 0. The van der Waals surface area contributed by atoms with E-state index >= 15 is 0 Å². The molecule has 0 aromatic carbocycles. The Kier molecular flexibility index (Phi) is 7.51. The van der Waals surface area contributed by atoms with Gasteiger partial charge < -0.3 is 9.47 Å². The lowest BCUT2D eigenvalue weighted by Gasteiger charge is -2.13. The van der Waals surface area contributed by atoms with E-state index in [0.717, 1.165) is 17.9 Å². The van der Waals surface area contributed by atoms with Gasteiger partial charge in [-0.15, -0.1) is 0 Å². The largest absolute Gasteiger partial charge is 0.493 e. The third-order valence-electron chi connectivity index (χ3n) is 1.95. The summed E-state index contributed by atoms with van der Waals surface area (Å²) >= 11 is 0. The minimum absolute atomic E-state index is 0.645. The van der Waals surface area contributed by atoms with Crippen molar-refractivity contribution in [2.75, 3.05) is 13.7 Å². The van der Waals surface area contributed by atoms with Gasteiger partial charge in [-0.1, -0.05) is 26.5 Å². The Labute approximate surface area is 93.3 Å². The highest BCUT2D eigenvalue weighted by atomic mass is 16.5. The molecule has 0 saturated heterocycles. The third-order valence-corrected chi connectivity index (χ3v) is 1.95. The van der Waals surface area contributed by atoms with Crippen LogP contribution in [0.3, 0.4) is 0 Å².